The van der Waals surface area contributed by atoms with Crippen LogP contribution in [0.2, 0.25) is 0 Å². The van der Waals surface area contributed by atoms with Gasteiger partial charge in [-0.3, -0.25) is 9.88 Å². The highest BCUT2D eigenvalue weighted by Crippen LogP contribution is 2.35. The highest BCUT2D eigenvalue weighted by molar-refractivity contribution is 5.96. The number of rotatable bonds is 4. The number of benzene rings is 2. The number of para-hydroxylation sites is 1. The molecule has 182 valence electrons. The van der Waals surface area contributed by atoms with E-state index in [1.54, 1.807) is 0 Å². The average molecular weight is 480 g/mol. The van der Waals surface area contributed by atoms with E-state index in [2.05, 4.69) is 64.2 Å². The first-order valence-corrected chi connectivity index (χ1v) is 12.4. The second-order valence-corrected chi connectivity index (χ2v) is 9.73. The molecule has 0 atom stereocenters. The van der Waals surface area contributed by atoms with Crippen LogP contribution < -0.4 is 10.5 Å². The molecule has 6 heteroatoms. The Morgan fingerprint density at radius 3 is 2.39 bits per heavy atom. The van der Waals surface area contributed by atoms with E-state index in [9.17, 15) is 4.79 Å². The number of furan rings is 1. The maximum absolute atomic E-state index is 12.4. The van der Waals surface area contributed by atoms with Crippen LogP contribution in [0.1, 0.15) is 22.4 Å². The molecule has 0 spiro atoms. The number of anilines is 1. The molecule has 4 heterocycles. The van der Waals surface area contributed by atoms with E-state index < -0.39 is 0 Å². The lowest BCUT2D eigenvalue weighted by molar-refractivity contribution is 0.250. The van der Waals surface area contributed by atoms with Gasteiger partial charge in [0.15, 0.2) is 5.58 Å². The first-order chi connectivity index (χ1) is 17.5. The van der Waals surface area contributed by atoms with Crippen molar-refractivity contribution in [2.75, 3.05) is 31.1 Å². The first kappa shape index (κ1) is 22.6. The van der Waals surface area contributed by atoms with Crippen LogP contribution in [0.5, 0.6) is 0 Å². The molecule has 0 amide bonds. The Balaban J connectivity index is 1.33. The van der Waals surface area contributed by atoms with Crippen molar-refractivity contribution in [2.24, 2.45) is 0 Å². The summed E-state index contributed by atoms with van der Waals surface area (Å²) in [6, 6.07) is 18.2. The minimum atomic E-state index is -0.382. The van der Waals surface area contributed by atoms with Gasteiger partial charge < -0.3 is 13.7 Å². The molecule has 2 aromatic carbocycles. The van der Waals surface area contributed by atoms with Gasteiger partial charge in [-0.2, -0.15) is 0 Å². The van der Waals surface area contributed by atoms with Crippen LogP contribution in [0.3, 0.4) is 0 Å². The second kappa shape index (κ2) is 8.95. The average Bonchev–Trinajstić information content (AvgIpc) is 3.34. The summed E-state index contributed by atoms with van der Waals surface area (Å²) in [6.45, 7) is 10.8. The Morgan fingerprint density at radius 1 is 0.861 bits per heavy atom. The Kier molecular flexibility index (Phi) is 5.61. The second-order valence-electron chi connectivity index (χ2n) is 9.73. The number of fused-ring (bicyclic) bond motifs is 2. The van der Waals surface area contributed by atoms with Gasteiger partial charge in [-0.05, 0) is 67.8 Å². The summed E-state index contributed by atoms with van der Waals surface area (Å²) in [5.41, 5.74) is 7.20. The fourth-order valence-electron chi connectivity index (χ4n) is 5.13. The molecule has 1 aliphatic heterocycles. The minimum Gasteiger partial charge on any atom is -0.454 e. The summed E-state index contributed by atoms with van der Waals surface area (Å²) in [7, 11) is 0. The zero-order valence-corrected chi connectivity index (χ0v) is 20.9. The number of hydrogen-bond donors (Lipinski definition) is 0. The van der Waals surface area contributed by atoms with Crippen molar-refractivity contribution in [3.8, 4) is 11.3 Å². The topological polar surface area (TPSA) is 62.7 Å². The highest BCUT2D eigenvalue weighted by atomic mass is 16.4. The lowest BCUT2D eigenvalue weighted by Crippen LogP contribution is -2.46. The quantitative estimate of drug-likeness (QED) is 0.302. The number of piperazine rings is 1. The van der Waals surface area contributed by atoms with Crippen molar-refractivity contribution in [3.05, 3.63) is 93.6 Å². The van der Waals surface area contributed by atoms with E-state index in [1.807, 2.05) is 26.1 Å². The van der Waals surface area contributed by atoms with Crippen molar-refractivity contribution < 1.29 is 8.83 Å². The maximum Gasteiger partial charge on any atom is 0.336 e. The summed E-state index contributed by atoms with van der Waals surface area (Å²) in [4.78, 5) is 21.9. The molecule has 1 fully saturated rings. The third kappa shape index (κ3) is 4.07. The number of nitrogens with zero attached hydrogens (tertiary/aromatic N) is 3. The fraction of sp³-hybridized carbons (Fsp3) is 0.267. The van der Waals surface area contributed by atoms with Gasteiger partial charge in [-0.15, -0.1) is 0 Å². The predicted molar refractivity (Wildman–Crippen MR) is 144 cm³/mol. The van der Waals surface area contributed by atoms with Crippen LogP contribution in [0.15, 0.2) is 74.4 Å². The molecule has 0 radical (unpaired) electrons. The molecule has 6 nitrogen and oxygen atoms in total. The van der Waals surface area contributed by atoms with Gasteiger partial charge in [0.2, 0.25) is 0 Å². The third-order valence-corrected chi connectivity index (χ3v) is 7.33. The Labute approximate surface area is 209 Å². The van der Waals surface area contributed by atoms with Crippen molar-refractivity contribution >= 4 is 27.6 Å². The number of pyridine rings is 1. The van der Waals surface area contributed by atoms with Crippen molar-refractivity contribution in [3.63, 3.8) is 0 Å². The molecule has 3 aromatic heterocycles. The summed E-state index contributed by atoms with van der Waals surface area (Å²) in [5.74, 6) is 0.664. The number of aromatic nitrogens is 1. The highest BCUT2D eigenvalue weighted by Gasteiger charge is 2.21. The van der Waals surface area contributed by atoms with Crippen molar-refractivity contribution in [2.45, 2.75) is 27.3 Å². The molecule has 1 saturated heterocycles. The number of hydrogen-bond acceptors (Lipinski definition) is 6. The lowest BCUT2D eigenvalue weighted by Gasteiger charge is -2.36. The van der Waals surface area contributed by atoms with E-state index in [-0.39, 0.29) is 5.63 Å². The molecule has 5 aromatic rings. The van der Waals surface area contributed by atoms with Crippen LogP contribution in [0, 0.1) is 20.8 Å². The monoisotopic (exact) mass is 479 g/mol. The van der Waals surface area contributed by atoms with Crippen LogP contribution in [0.25, 0.3) is 33.3 Å². The smallest absolute Gasteiger partial charge is 0.336 e. The van der Waals surface area contributed by atoms with E-state index in [0.717, 1.165) is 77.0 Å². The molecule has 0 unspecified atom stereocenters. The van der Waals surface area contributed by atoms with E-state index >= 15 is 0 Å². The Morgan fingerprint density at radius 2 is 1.61 bits per heavy atom. The van der Waals surface area contributed by atoms with Gasteiger partial charge in [-0.1, -0.05) is 18.2 Å². The summed E-state index contributed by atoms with van der Waals surface area (Å²) in [5, 5.41) is 1.93. The summed E-state index contributed by atoms with van der Waals surface area (Å²) >= 11 is 0. The van der Waals surface area contributed by atoms with Crippen LogP contribution in [-0.4, -0.2) is 36.1 Å². The Bertz CT molecular complexity index is 1630. The molecular formula is C30H29N3O3. The lowest BCUT2D eigenvalue weighted by atomic mass is 10.0. The molecule has 0 bridgehead atoms. The van der Waals surface area contributed by atoms with E-state index in [1.165, 1.54) is 11.8 Å². The SMILES string of the molecule is Cc1cc2oc(=O)cc(-c3cc4c(CN5CCN(c6ccccc6)CC5)cnc(C)c4o3)c2cc1C. The van der Waals surface area contributed by atoms with Crippen molar-refractivity contribution in [1.82, 2.24) is 9.88 Å². The van der Waals surface area contributed by atoms with Gasteiger partial charge in [0.25, 0.3) is 0 Å². The molecule has 0 N–H and O–H groups in total. The predicted octanol–water partition coefficient (Wildman–Crippen LogP) is 5.85. The normalized spacial score (nSPS) is 14.7. The minimum absolute atomic E-state index is 0.382. The molecule has 1 aliphatic rings. The van der Waals surface area contributed by atoms with Gasteiger partial charge in [0.1, 0.15) is 11.3 Å². The van der Waals surface area contributed by atoms with Crippen LogP contribution in [-0.2, 0) is 6.54 Å². The summed E-state index contributed by atoms with van der Waals surface area (Å²) in [6.07, 6.45) is 1.96. The molecular weight excluding hydrogens is 450 g/mol. The zero-order chi connectivity index (χ0) is 24.8. The standard InChI is InChI=1S/C30H29N3O3/c1-19-13-25-26(16-29(34)35-27(25)14-20(19)2)28-15-24-22(17-31-21(3)30(24)36-28)18-32-9-11-33(12-10-32)23-7-5-4-6-8-23/h4-8,13-17H,9-12,18H2,1-3H3. The van der Waals surface area contributed by atoms with Gasteiger partial charge in [0.05, 0.1) is 5.69 Å². The van der Waals surface area contributed by atoms with Crippen LogP contribution >= 0.6 is 0 Å². The van der Waals surface area contributed by atoms with E-state index in [4.69, 9.17) is 8.83 Å². The molecule has 0 aliphatic carbocycles. The number of aryl methyl sites for hydroxylation is 3. The van der Waals surface area contributed by atoms with Gasteiger partial charge in [-0.25, -0.2) is 4.79 Å². The summed E-state index contributed by atoms with van der Waals surface area (Å²) < 4.78 is 11.9. The first-order valence-electron chi connectivity index (χ1n) is 12.4. The van der Waals surface area contributed by atoms with E-state index in [0.29, 0.717) is 11.3 Å². The maximum atomic E-state index is 12.4. The molecule has 6 rings (SSSR count). The fourth-order valence-corrected chi connectivity index (χ4v) is 5.13. The molecule has 0 saturated carbocycles. The largest absolute Gasteiger partial charge is 0.454 e. The van der Waals surface area contributed by atoms with Gasteiger partial charge in [0, 0.05) is 67.0 Å². The Hall–Kier alpha value is -3.90. The van der Waals surface area contributed by atoms with Crippen molar-refractivity contribution in [1.29, 1.82) is 0 Å². The third-order valence-electron chi connectivity index (χ3n) is 7.33. The molecule has 36 heavy (non-hydrogen) atoms. The van der Waals surface area contributed by atoms with Gasteiger partial charge >= 0.3 is 5.63 Å². The van der Waals surface area contributed by atoms with Crippen LogP contribution in [0.4, 0.5) is 5.69 Å². The zero-order valence-electron chi connectivity index (χ0n) is 20.9.